The van der Waals surface area contributed by atoms with Gasteiger partial charge in [-0.1, -0.05) is 6.07 Å². The molecule has 2 aromatic heterocycles. The van der Waals surface area contributed by atoms with E-state index in [0.717, 1.165) is 5.76 Å². The monoisotopic (exact) mass is 345 g/mol. The number of pyridine rings is 1. The number of nitriles is 1. The normalized spacial score (nSPS) is 11.0. The topological polar surface area (TPSA) is 78.9 Å². The van der Waals surface area contributed by atoms with Crippen LogP contribution in [0.1, 0.15) is 17.2 Å². The molecule has 0 spiro atoms. The predicted molar refractivity (Wildman–Crippen MR) is 80.8 cm³/mol. The molecule has 1 amide bonds. The number of aryl methyl sites for hydroxylation is 1. The van der Waals surface area contributed by atoms with Crippen molar-refractivity contribution in [2.45, 2.75) is 13.5 Å². The van der Waals surface area contributed by atoms with Crippen LogP contribution in [0.25, 0.3) is 6.08 Å². The molecule has 6 heteroatoms. The number of hydrogen-bond donors (Lipinski definition) is 1. The van der Waals surface area contributed by atoms with Crippen molar-refractivity contribution in [3.05, 3.63) is 57.7 Å². The minimum atomic E-state index is -0.465. The van der Waals surface area contributed by atoms with Crippen LogP contribution in [0.4, 0.5) is 0 Å². The molecule has 0 saturated carbocycles. The Morgan fingerprint density at radius 1 is 1.48 bits per heavy atom. The third kappa shape index (κ3) is 4.29. The third-order valence-electron chi connectivity index (χ3n) is 2.61. The fourth-order valence-corrected chi connectivity index (χ4v) is 2.00. The van der Waals surface area contributed by atoms with E-state index in [1.54, 1.807) is 24.3 Å². The van der Waals surface area contributed by atoms with Crippen molar-refractivity contribution in [2.75, 3.05) is 0 Å². The summed E-state index contributed by atoms with van der Waals surface area (Å²) in [5, 5.41) is 11.7. The Morgan fingerprint density at radius 2 is 2.29 bits per heavy atom. The van der Waals surface area contributed by atoms with Crippen molar-refractivity contribution in [1.29, 1.82) is 5.26 Å². The zero-order valence-corrected chi connectivity index (χ0v) is 12.8. The second-order valence-electron chi connectivity index (χ2n) is 4.25. The summed E-state index contributed by atoms with van der Waals surface area (Å²) in [7, 11) is 0. The summed E-state index contributed by atoms with van der Waals surface area (Å²) in [5.41, 5.74) is 0.522. The van der Waals surface area contributed by atoms with Gasteiger partial charge >= 0.3 is 0 Å². The molecule has 2 rings (SSSR count). The highest BCUT2D eigenvalue weighted by molar-refractivity contribution is 9.10. The van der Waals surface area contributed by atoms with E-state index in [1.807, 2.05) is 19.1 Å². The number of nitrogens with one attached hydrogen (secondary N) is 1. The SMILES string of the molecule is Cc1ccc(CNC(=O)/C(C#N)=C/c2cccc(Br)n2)o1. The molecule has 0 aliphatic heterocycles. The van der Waals surface area contributed by atoms with Gasteiger partial charge in [-0.25, -0.2) is 4.98 Å². The number of carbonyl (C=O) groups excluding carboxylic acids is 1. The molecular weight excluding hydrogens is 334 g/mol. The fourth-order valence-electron chi connectivity index (χ4n) is 1.64. The summed E-state index contributed by atoms with van der Waals surface area (Å²) in [6.07, 6.45) is 1.44. The molecule has 0 unspecified atom stereocenters. The average molecular weight is 346 g/mol. The number of hydrogen-bond acceptors (Lipinski definition) is 4. The van der Waals surface area contributed by atoms with Gasteiger partial charge in [0, 0.05) is 0 Å². The molecule has 2 aromatic rings. The smallest absolute Gasteiger partial charge is 0.262 e. The molecule has 1 N–H and O–H groups in total. The van der Waals surface area contributed by atoms with E-state index in [9.17, 15) is 4.79 Å². The molecule has 0 aliphatic rings. The van der Waals surface area contributed by atoms with Gasteiger partial charge in [0.15, 0.2) is 0 Å². The van der Waals surface area contributed by atoms with Crippen LogP contribution in [0.3, 0.4) is 0 Å². The molecule has 106 valence electrons. The maximum absolute atomic E-state index is 12.0. The van der Waals surface area contributed by atoms with E-state index in [2.05, 4.69) is 26.2 Å². The Balaban J connectivity index is 2.06. The standard InChI is InChI=1S/C15H12BrN3O2/c1-10-5-6-13(21-10)9-18-15(20)11(8-17)7-12-3-2-4-14(16)19-12/h2-7H,9H2,1H3,(H,18,20)/b11-7+. The minimum absolute atomic E-state index is 0.0103. The van der Waals surface area contributed by atoms with E-state index in [-0.39, 0.29) is 12.1 Å². The lowest BCUT2D eigenvalue weighted by Crippen LogP contribution is -2.23. The van der Waals surface area contributed by atoms with Crippen LogP contribution in [0.2, 0.25) is 0 Å². The van der Waals surface area contributed by atoms with Gasteiger partial charge in [-0.15, -0.1) is 0 Å². The van der Waals surface area contributed by atoms with E-state index in [4.69, 9.17) is 9.68 Å². The first kappa shape index (κ1) is 15.0. The quantitative estimate of drug-likeness (QED) is 0.524. The molecule has 0 radical (unpaired) electrons. The second kappa shape index (κ2) is 6.86. The summed E-state index contributed by atoms with van der Waals surface area (Å²) in [6, 6.07) is 10.7. The van der Waals surface area contributed by atoms with Gasteiger partial charge in [-0.3, -0.25) is 4.79 Å². The molecule has 0 aliphatic carbocycles. The Morgan fingerprint density at radius 3 is 2.90 bits per heavy atom. The highest BCUT2D eigenvalue weighted by atomic mass is 79.9. The Kier molecular flexibility index (Phi) is 4.90. The average Bonchev–Trinajstić information content (AvgIpc) is 2.88. The van der Waals surface area contributed by atoms with Crippen molar-refractivity contribution >= 4 is 27.9 Å². The first-order valence-corrected chi connectivity index (χ1v) is 6.95. The molecule has 2 heterocycles. The fraction of sp³-hybridized carbons (Fsp3) is 0.133. The number of furan rings is 1. The molecule has 0 aromatic carbocycles. The Labute approximate surface area is 130 Å². The van der Waals surface area contributed by atoms with Gasteiger partial charge in [0.25, 0.3) is 5.91 Å². The predicted octanol–water partition coefficient (Wildman–Crippen LogP) is 2.97. The molecular formula is C15H12BrN3O2. The van der Waals surface area contributed by atoms with Gasteiger partial charge < -0.3 is 9.73 Å². The van der Waals surface area contributed by atoms with E-state index < -0.39 is 5.91 Å². The zero-order valence-electron chi connectivity index (χ0n) is 11.3. The van der Waals surface area contributed by atoms with Crippen molar-refractivity contribution in [3.63, 3.8) is 0 Å². The highest BCUT2D eigenvalue weighted by Gasteiger charge is 2.10. The lowest BCUT2D eigenvalue weighted by atomic mass is 10.2. The van der Waals surface area contributed by atoms with E-state index in [1.165, 1.54) is 6.08 Å². The number of halogens is 1. The van der Waals surface area contributed by atoms with Crippen LogP contribution in [0.15, 0.2) is 44.9 Å². The first-order valence-electron chi connectivity index (χ1n) is 6.16. The second-order valence-corrected chi connectivity index (χ2v) is 5.06. The van der Waals surface area contributed by atoms with Crippen molar-refractivity contribution < 1.29 is 9.21 Å². The van der Waals surface area contributed by atoms with Crippen molar-refractivity contribution in [1.82, 2.24) is 10.3 Å². The van der Waals surface area contributed by atoms with Crippen LogP contribution in [-0.4, -0.2) is 10.9 Å². The molecule has 0 bridgehead atoms. The summed E-state index contributed by atoms with van der Waals surface area (Å²) < 4.78 is 5.98. The van der Waals surface area contributed by atoms with Crippen molar-refractivity contribution in [3.8, 4) is 6.07 Å². The summed E-state index contributed by atoms with van der Waals surface area (Å²) >= 11 is 3.24. The molecule has 21 heavy (non-hydrogen) atoms. The molecule has 0 fully saturated rings. The third-order valence-corrected chi connectivity index (χ3v) is 3.05. The van der Waals surface area contributed by atoms with Gasteiger partial charge in [0.1, 0.15) is 27.8 Å². The van der Waals surface area contributed by atoms with Gasteiger partial charge in [-0.2, -0.15) is 5.26 Å². The molecule has 0 saturated heterocycles. The molecule has 5 nitrogen and oxygen atoms in total. The minimum Gasteiger partial charge on any atom is -0.465 e. The van der Waals surface area contributed by atoms with Gasteiger partial charge in [0.05, 0.1) is 12.2 Å². The Bertz CT molecular complexity index is 729. The number of carbonyl (C=O) groups is 1. The van der Waals surface area contributed by atoms with Crippen LogP contribution in [0.5, 0.6) is 0 Å². The summed E-state index contributed by atoms with van der Waals surface area (Å²) in [6.45, 7) is 2.06. The number of amides is 1. The van der Waals surface area contributed by atoms with Gasteiger partial charge in [0.2, 0.25) is 0 Å². The summed E-state index contributed by atoms with van der Waals surface area (Å²) in [5.74, 6) is 0.945. The Hall–Kier alpha value is -2.39. The maximum atomic E-state index is 12.0. The number of rotatable bonds is 4. The van der Waals surface area contributed by atoms with Crippen LogP contribution in [-0.2, 0) is 11.3 Å². The number of nitrogens with zero attached hydrogens (tertiary/aromatic N) is 2. The lowest BCUT2D eigenvalue weighted by Gasteiger charge is -2.02. The van der Waals surface area contributed by atoms with E-state index in [0.29, 0.717) is 16.1 Å². The van der Waals surface area contributed by atoms with E-state index >= 15 is 0 Å². The highest BCUT2D eigenvalue weighted by Crippen LogP contribution is 2.10. The van der Waals surface area contributed by atoms with Crippen molar-refractivity contribution in [2.24, 2.45) is 0 Å². The molecule has 0 atom stereocenters. The largest absolute Gasteiger partial charge is 0.465 e. The lowest BCUT2D eigenvalue weighted by molar-refractivity contribution is -0.117. The zero-order chi connectivity index (χ0) is 15.2. The van der Waals surface area contributed by atoms with Crippen LogP contribution in [0, 0.1) is 18.3 Å². The number of aromatic nitrogens is 1. The summed E-state index contributed by atoms with van der Waals surface area (Å²) in [4.78, 5) is 16.1. The van der Waals surface area contributed by atoms with Crippen LogP contribution < -0.4 is 5.32 Å². The first-order chi connectivity index (χ1) is 10.1. The maximum Gasteiger partial charge on any atom is 0.262 e. The van der Waals surface area contributed by atoms with Gasteiger partial charge in [-0.05, 0) is 53.2 Å². The van der Waals surface area contributed by atoms with Crippen LogP contribution >= 0.6 is 15.9 Å².